The summed E-state index contributed by atoms with van der Waals surface area (Å²) in [6.07, 6.45) is 4.61. The maximum Gasteiger partial charge on any atom is 0.205 e. The summed E-state index contributed by atoms with van der Waals surface area (Å²) in [5, 5.41) is 9.58. The van der Waals surface area contributed by atoms with E-state index in [0.717, 1.165) is 60.8 Å². The van der Waals surface area contributed by atoms with Crippen LogP contribution in [0.5, 0.6) is 0 Å². The maximum atomic E-state index is 4.54. The molecule has 9 heteroatoms. The molecule has 23 heavy (non-hydrogen) atoms. The summed E-state index contributed by atoms with van der Waals surface area (Å²) in [5.41, 5.74) is 0.838. The SMILES string of the molecule is CCc1nnc2c(N3CCN(c4nc(C)ns4)CC3)nccn12. The molecule has 0 radical (unpaired) electrons. The Morgan fingerprint density at radius 2 is 1.91 bits per heavy atom. The van der Waals surface area contributed by atoms with Gasteiger partial charge in [-0.3, -0.25) is 4.40 Å². The molecule has 0 saturated carbocycles. The number of nitrogens with zero attached hydrogens (tertiary/aromatic N) is 8. The highest BCUT2D eigenvalue weighted by Gasteiger charge is 2.23. The topological polar surface area (TPSA) is 75.3 Å². The number of rotatable bonds is 3. The van der Waals surface area contributed by atoms with Gasteiger partial charge in [0.15, 0.2) is 5.82 Å². The number of hydrogen-bond acceptors (Lipinski definition) is 8. The number of aryl methyl sites for hydroxylation is 2. The van der Waals surface area contributed by atoms with Crippen LogP contribution in [0.2, 0.25) is 0 Å². The van der Waals surface area contributed by atoms with Crippen molar-refractivity contribution in [2.45, 2.75) is 20.3 Å². The molecular weight excluding hydrogens is 312 g/mol. The van der Waals surface area contributed by atoms with Gasteiger partial charge in [-0.15, -0.1) is 10.2 Å². The van der Waals surface area contributed by atoms with Crippen molar-refractivity contribution in [3.8, 4) is 0 Å². The van der Waals surface area contributed by atoms with E-state index in [1.165, 1.54) is 11.5 Å². The average Bonchev–Trinajstić information content (AvgIpc) is 3.20. The lowest BCUT2D eigenvalue weighted by atomic mass is 10.3. The largest absolute Gasteiger partial charge is 0.350 e. The van der Waals surface area contributed by atoms with E-state index in [-0.39, 0.29) is 0 Å². The van der Waals surface area contributed by atoms with Crippen molar-refractivity contribution in [3.63, 3.8) is 0 Å². The Morgan fingerprint density at radius 1 is 1.13 bits per heavy atom. The van der Waals surface area contributed by atoms with Gasteiger partial charge in [0.1, 0.15) is 11.6 Å². The molecule has 1 fully saturated rings. The number of fused-ring (bicyclic) bond motifs is 1. The summed E-state index contributed by atoms with van der Waals surface area (Å²) in [4.78, 5) is 13.6. The highest BCUT2D eigenvalue weighted by molar-refractivity contribution is 7.09. The lowest BCUT2D eigenvalue weighted by molar-refractivity contribution is 0.645. The Bertz CT molecular complexity index is 817. The smallest absolute Gasteiger partial charge is 0.205 e. The zero-order valence-electron chi connectivity index (χ0n) is 13.2. The first-order chi connectivity index (χ1) is 11.3. The Morgan fingerprint density at radius 3 is 2.61 bits per heavy atom. The van der Waals surface area contributed by atoms with Gasteiger partial charge in [-0.05, 0) is 6.92 Å². The van der Waals surface area contributed by atoms with E-state index >= 15 is 0 Å². The van der Waals surface area contributed by atoms with Crippen molar-refractivity contribution in [1.29, 1.82) is 0 Å². The quantitative estimate of drug-likeness (QED) is 0.713. The van der Waals surface area contributed by atoms with E-state index in [4.69, 9.17) is 0 Å². The van der Waals surface area contributed by atoms with Gasteiger partial charge < -0.3 is 9.80 Å². The summed E-state index contributed by atoms with van der Waals surface area (Å²) >= 11 is 1.47. The molecule has 1 aliphatic heterocycles. The van der Waals surface area contributed by atoms with Crippen molar-refractivity contribution in [1.82, 2.24) is 28.9 Å². The summed E-state index contributed by atoms with van der Waals surface area (Å²) in [7, 11) is 0. The number of anilines is 2. The van der Waals surface area contributed by atoms with Gasteiger partial charge in [-0.2, -0.15) is 4.37 Å². The minimum atomic E-state index is 0.838. The molecular formula is C14H18N8S. The van der Waals surface area contributed by atoms with E-state index in [1.54, 1.807) is 0 Å². The van der Waals surface area contributed by atoms with Crippen molar-refractivity contribution in [2.75, 3.05) is 36.0 Å². The van der Waals surface area contributed by atoms with Crippen LogP contribution in [0, 0.1) is 6.92 Å². The van der Waals surface area contributed by atoms with Crippen molar-refractivity contribution < 1.29 is 0 Å². The normalized spacial score (nSPS) is 15.6. The monoisotopic (exact) mass is 330 g/mol. The standard InChI is InChI=1S/C14H18N8S/c1-3-11-17-18-13-12(15-4-5-22(11)13)20-6-8-21(9-7-20)14-16-10(2)19-23-14/h4-5H,3,6-9H2,1-2H3. The van der Waals surface area contributed by atoms with Crippen LogP contribution < -0.4 is 9.80 Å². The maximum absolute atomic E-state index is 4.54. The van der Waals surface area contributed by atoms with Gasteiger partial charge in [0.25, 0.3) is 0 Å². The van der Waals surface area contributed by atoms with Gasteiger partial charge in [-0.25, -0.2) is 9.97 Å². The summed E-state index contributed by atoms with van der Waals surface area (Å²) in [6, 6.07) is 0. The third-order valence-corrected chi connectivity index (χ3v) is 4.93. The predicted molar refractivity (Wildman–Crippen MR) is 89.2 cm³/mol. The fraction of sp³-hybridized carbons (Fsp3) is 0.500. The van der Waals surface area contributed by atoms with Crippen LogP contribution in [0.1, 0.15) is 18.6 Å². The molecule has 120 valence electrons. The molecule has 0 spiro atoms. The van der Waals surface area contributed by atoms with Crippen LogP contribution in [0.15, 0.2) is 12.4 Å². The van der Waals surface area contributed by atoms with Crippen molar-refractivity contribution in [2.24, 2.45) is 0 Å². The van der Waals surface area contributed by atoms with E-state index in [1.807, 2.05) is 23.7 Å². The molecule has 1 aliphatic rings. The second-order valence-corrected chi connectivity index (χ2v) is 6.24. The van der Waals surface area contributed by atoms with Crippen LogP contribution in [0.4, 0.5) is 10.9 Å². The van der Waals surface area contributed by atoms with Gasteiger partial charge in [0, 0.05) is 56.5 Å². The van der Waals surface area contributed by atoms with E-state index < -0.39 is 0 Å². The molecule has 4 rings (SSSR count). The molecule has 0 N–H and O–H groups in total. The molecule has 3 aromatic rings. The highest BCUT2D eigenvalue weighted by atomic mass is 32.1. The molecule has 8 nitrogen and oxygen atoms in total. The number of piperazine rings is 1. The molecule has 3 aromatic heterocycles. The Balaban J connectivity index is 1.55. The lowest BCUT2D eigenvalue weighted by Crippen LogP contribution is -2.47. The first-order valence-corrected chi connectivity index (χ1v) is 8.52. The molecule has 0 aromatic carbocycles. The van der Waals surface area contributed by atoms with Gasteiger partial charge in [-0.1, -0.05) is 6.92 Å². The van der Waals surface area contributed by atoms with Gasteiger partial charge in [0.05, 0.1) is 0 Å². The third kappa shape index (κ3) is 2.50. The number of hydrogen-bond donors (Lipinski definition) is 0. The fourth-order valence-corrected chi connectivity index (χ4v) is 3.57. The zero-order chi connectivity index (χ0) is 15.8. The first-order valence-electron chi connectivity index (χ1n) is 7.75. The molecule has 1 saturated heterocycles. The Kier molecular flexibility index (Phi) is 3.56. The van der Waals surface area contributed by atoms with Crippen LogP contribution in [0.3, 0.4) is 0 Å². The summed E-state index contributed by atoms with van der Waals surface area (Å²) in [6.45, 7) is 7.61. The number of aromatic nitrogens is 6. The van der Waals surface area contributed by atoms with E-state index in [0.29, 0.717) is 0 Å². The third-order valence-electron chi connectivity index (χ3n) is 4.06. The second kappa shape index (κ2) is 5.73. The molecule has 0 bridgehead atoms. The summed E-state index contributed by atoms with van der Waals surface area (Å²) in [5.74, 6) is 2.72. The van der Waals surface area contributed by atoms with Gasteiger partial charge >= 0.3 is 0 Å². The average molecular weight is 330 g/mol. The van der Waals surface area contributed by atoms with E-state index in [9.17, 15) is 0 Å². The predicted octanol–water partition coefficient (Wildman–Crippen LogP) is 1.17. The van der Waals surface area contributed by atoms with Crippen LogP contribution in [-0.4, -0.2) is 55.1 Å². The highest BCUT2D eigenvalue weighted by Crippen LogP contribution is 2.23. The fourth-order valence-electron chi connectivity index (χ4n) is 2.85. The lowest BCUT2D eigenvalue weighted by Gasteiger charge is -2.34. The molecule has 0 aliphatic carbocycles. The van der Waals surface area contributed by atoms with Crippen LogP contribution in [0.25, 0.3) is 5.65 Å². The summed E-state index contributed by atoms with van der Waals surface area (Å²) < 4.78 is 6.29. The van der Waals surface area contributed by atoms with Crippen LogP contribution >= 0.6 is 11.5 Å². The molecule has 0 atom stereocenters. The molecule has 4 heterocycles. The van der Waals surface area contributed by atoms with Gasteiger partial charge in [0.2, 0.25) is 10.8 Å². The van der Waals surface area contributed by atoms with Crippen molar-refractivity contribution in [3.05, 3.63) is 24.0 Å². The minimum Gasteiger partial charge on any atom is -0.350 e. The van der Waals surface area contributed by atoms with Crippen molar-refractivity contribution >= 4 is 28.1 Å². The Hall–Kier alpha value is -2.29. The van der Waals surface area contributed by atoms with E-state index in [2.05, 4.69) is 41.3 Å². The molecule has 0 amide bonds. The zero-order valence-corrected chi connectivity index (χ0v) is 14.0. The van der Waals surface area contributed by atoms with Crippen LogP contribution in [-0.2, 0) is 6.42 Å². The molecule has 0 unspecified atom stereocenters. The Labute approximate surface area is 138 Å². The minimum absolute atomic E-state index is 0.838. The first kappa shape index (κ1) is 14.3. The second-order valence-electron chi connectivity index (χ2n) is 5.51.